The third-order valence-electron chi connectivity index (χ3n) is 4.31. The molecule has 2 N–H and O–H groups in total. The van der Waals surface area contributed by atoms with Crippen LogP contribution < -0.4 is 0 Å². The molecule has 0 spiro atoms. The van der Waals surface area contributed by atoms with Crippen LogP contribution in [0.15, 0.2) is 28.7 Å². The number of H-pyrrole nitrogens is 1. The van der Waals surface area contributed by atoms with E-state index in [1.54, 1.807) is 11.8 Å². The van der Waals surface area contributed by atoms with Gasteiger partial charge in [-0.2, -0.15) is 0 Å². The van der Waals surface area contributed by atoms with Crippen LogP contribution in [-0.2, 0) is 4.79 Å². The maximum Gasteiger partial charge on any atom is 0.311 e. The molecule has 22 heavy (non-hydrogen) atoms. The molecular weight excluding hydrogens is 348 g/mol. The van der Waals surface area contributed by atoms with Crippen molar-refractivity contribution in [3.63, 3.8) is 0 Å². The predicted molar refractivity (Wildman–Crippen MR) is 86.9 cm³/mol. The summed E-state index contributed by atoms with van der Waals surface area (Å²) in [6.45, 7) is 2.55. The number of aliphatic carboxylic acids is 1. The normalized spacial score (nSPS) is 22.0. The average molecular weight is 365 g/mol. The first-order chi connectivity index (χ1) is 10.4. The number of likely N-dealkylation sites (tertiary alicyclic amines) is 1. The van der Waals surface area contributed by atoms with E-state index in [0.717, 1.165) is 15.4 Å². The summed E-state index contributed by atoms with van der Waals surface area (Å²) in [6, 6.07) is 7.58. The van der Waals surface area contributed by atoms with Crippen LogP contribution in [0.3, 0.4) is 0 Å². The van der Waals surface area contributed by atoms with Gasteiger partial charge in [-0.3, -0.25) is 9.59 Å². The van der Waals surface area contributed by atoms with E-state index in [-0.39, 0.29) is 12.5 Å². The highest BCUT2D eigenvalue weighted by molar-refractivity contribution is 9.10. The summed E-state index contributed by atoms with van der Waals surface area (Å²) in [7, 11) is 0. The number of aromatic amines is 1. The fourth-order valence-electron chi connectivity index (χ4n) is 2.98. The number of carboxylic acids is 1. The molecule has 1 aromatic carbocycles. The van der Waals surface area contributed by atoms with E-state index in [2.05, 4.69) is 20.9 Å². The van der Waals surface area contributed by atoms with Gasteiger partial charge >= 0.3 is 5.97 Å². The number of aromatic nitrogens is 1. The third-order valence-corrected chi connectivity index (χ3v) is 4.81. The second-order valence-electron chi connectivity index (χ2n) is 6.11. The summed E-state index contributed by atoms with van der Waals surface area (Å²) in [5.41, 5.74) is 0.537. The Morgan fingerprint density at radius 2 is 2.14 bits per heavy atom. The van der Waals surface area contributed by atoms with Crippen LogP contribution >= 0.6 is 15.9 Å². The van der Waals surface area contributed by atoms with Gasteiger partial charge in [-0.05, 0) is 44.0 Å². The number of amides is 1. The molecule has 3 rings (SSSR count). The number of fused-ring (bicyclic) bond motifs is 1. The van der Waals surface area contributed by atoms with Crippen molar-refractivity contribution in [2.45, 2.75) is 19.8 Å². The number of piperidine rings is 1. The molecule has 2 aromatic rings. The maximum absolute atomic E-state index is 12.7. The molecule has 0 bridgehead atoms. The Morgan fingerprint density at radius 3 is 2.86 bits per heavy atom. The lowest BCUT2D eigenvalue weighted by Crippen LogP contribution is -2.48. The Hall–Kier alpha value is -1.82. The highest BCUT2D eigenvalue weighted by Crippen LogP contribution is 2.31. The number of rotatable bonds is 2. The van der Waals surface area contributed by atoms with Crippen molar-refractivity contribution in [2.75, 3.05) is 13.1 Å². The molecule has 116 valence electrons. The lowest BCUT2D eigenvalue weighted by atomic mass is 9.82. The number of halogens is 1. The monoisotopic (exact) mass is 364 g/mol. The minimum atomic E-state index is -0.858. The van der Waals surface area contributed by atoms with Crippen LogP contribution in [0.4, 0.5) is 0 Å². The number of benzene rings is 1. The number of carbonyl (C=O) groups is 2. The first-order valence-electron chi connectivity index (χ1n) is 7.20. The number of hydrogen-bond acceptors (Lipinski definition) is 2. The highest BCUT2D eigenvalue weighted by Gasteiger charge is 2.39. The average Bonchev–Trinajstić information content (AvgIpc) is 2.89. The molecule has 1 fully saturated rings. The molecule has 6 heteroatoms. The second-order valence-corrected chi connectivity index (χ2v) is 7.03. The molecule has 1 atom stereocenters. The molecule has 2 heterocycles. The molecule has 1 aliphatic rings. The summed E-state index contributed by atoms with van der Waals surface area (Å²) in [4.78, 5) is 28.8. The lowest BCUT2D eigenvalue weighted by Gasteiger charge is -2.37. The first kappa shape index (κ1) is 15.1. The lowest BCUT2D eigenvalue weighted by molar-refractivity contribution is -0.150. The third kappa shape index (κ3) is 2.63. The van der Waals surface area contributed by atoms with Crippen LogP contribution in [0.2, 0.25) is 0 Å². The van der Waals surface area contributed by atoms with Gasteiger partial charge in [0, 0.05) is 28.5 Å². The van der Waals surface area contributed by atoms with Crippen LogP contribution in [0.1, 0.15) is 30.3 Å². The molecule has 1 saturated heterocycles. The van der Waals surface area contributed by atoms with Crippen LogP contribution in [-0.4, -0.2) is 40.0 Å². The van der Waals surface area contributed by atoms with Crippen LogP contribution in [0.25, 0.3) is 10.9 Å². The maximum atomic E-state index is 12.7. The Balaban J connectivity index is 1.87. The summed E-state index contributed by atoms with van der Waals surface area (Å²) < 4.78 is 0.953. The standard InChI is InChI=1S/C16H17BrN2O3/c1-16(15(21)22)5-2-6-19(9-16)14(20)13-8-10-7-11(17)3-4-12(10)18-13/h3-4,7-8,18H,2,5-6,9H2,1H3,(H,21,22). The van der Waals surface area contributed by atoms with Crippen molar-refractivity contribution in [3.05, 3.63) is 34.4 Å². The fourth-order valence-corrected chi connectivity index (χ4v) is 3.36. The van der Waals surface area contributed by atoms with Gasteiger partial charge in [0.25, 0.3) is 5.91 Å². The molecule has 1 amide bonds. The van der Waals surface area contributed by atoms with Crippen molar-refractivity contribution < 1.29 is 14.7 Å². The van der Waals surface area contributed by atoms with Crippen LogP contribution in [0.5, 0.6) is 0 Å². The van der Waals surface area contributed by atoms with E-state index in [4.69, 9.17) is 0 Å². The molecule has 1 aromatic heterocycles. The van der Waals surface area contributed by atoms with Gasteiger partial charge in [0.2, 0.25) is 0 Å². The zero-order valence-corrected chi connectivity index (χ0v) is 13.8. The first-order valence-corrected chi connectivity index (χ1v) is 7.99. The van der Waals surface area contributed by atoms with E-state index in [1.165, 1.54) is 0 Å². The van der Waals surface area contributed by atoms with Gasteiger partial charge in [0.05, 0.1) is 5.41 Å². The van der Waals surface area contributed by atoms with Crippen molar-refractivity contribution in [3.8, 4) is 0 Å². The van der Waals surface area contributed by atoms with Crippen molar-refractivity contribution in [2.24, 2.45) is 5.41 Å². The topological polar surface area (TPSA) is 73.4 Å². The number of carbonyl (C=O) groups excluding carboxylic acids is 1. The van der Waals surface area contributed by atoms with E-state index in [0.29, 0.717) is 25.1 Å². The number of hydrogen-bond donors (Lipinski definition) is 2. The fraction of sp³-hybridized carbons (Fsp3) is 0.375. The van der Waals surface area contributed by atoms with Gasteiger partial charge < -0.3 is 15.0 Å². The van der Waals surface area contributed by atoms with Gasteiger partial charge in [-0.1, -0.05) is 15.9 Å². The molecule has 5 nitrogen and oxygen atoms in total. The molecule has 0 saturated carbocycles. The quantitative estimate of drug-likeness (QED) is 0.858. The number of nitrogens with one attached hydrogen (secondary N) is 1. The van der Waals surface area contributed by atoms with Crippen molar-refractivity contribution in [1.29, 1.82) is 0 Å². The predicted octanol–water partition coefficient (Wildman–Crippen LogP) is 3.26. The number of carboxylic acid groups (broad SMARTS) is 1. The molecule has 0 radical (unpaired) electrons. The van der Waals surface area contributed by atoms with Crippen LogP contribution in [0, 0.1) is 5.41 Å². The van der Waals surface area contributed by atoms with Gasteiger partial charge in [-0.25, -0.2) is 0 Å². The largest absolute Gasteiger partial charge is 0.481 e. The van der Waals surface area contributed by atoms with Gasteiger partial charge in [-0.15, -0.1) is 0 Å². The summed E-state index contributed by atoms with van der Waals surface area (Å²) in [5.74, 6) is -0.981. The van der Waals surface area contributed by atoms with E-state index in [9.17, 15) is 14.7 Å². The molecule has 1 aliphatic heterocycles. The Bertz CT molecular complexity index is 755. The zero-order chi connectivity index (χ0) is 15.9. The zero-order valence-electron chi connectivity index (χ0n) is 12.2. The van der Waals surface area contributed by atoms with Gasteiger partial charge in [0.1, 0.15) is 5.69 Å². The Kier molecular flexibility index (Phi) is 3.72. The van der Waals surface area contributed by atoms with Crippen molar-refractivity contribution in [1.82, 2.24) is 9.88 Å². The Morgan fingerprint density at radius 1 is 1.36 bits per heavy atom. The smallest absolute Gasteiger partial charge is 0.311 e. The summed E-state index contributed by atoms with van der Waals surface area (Å²) in [5, 5.41) is 10.3. The minimum absolute atomic E-state index is 0.139. The Labute approximate surface area is 136 Å². The van der Waals surface area contributed by atoms with E-state index < -0.39 is 11.4 Å². The minimum Gasteiger partial charge on any atom is -0.481 e. The summed E-state index contributed by atoms with van der Waals surface area (Å²) in [6.07, 6.45) is 1.31. The number of nitrogens with zero attached hydrogens (tertiary/aromatic N) is 1. The van der Waals surface area contributed by atoms with E-state index >= 15 is 0 Å². The highest BCUT2D eigenvalue weighted by atomic mass is 79.9. The summed E-state index contributed by atoms with van der Waals surface area (Å²) >= 11 is 3.41. The SMILES string of the molecule is CC1(C(=O)O)CCCN(C(=O)c2cc3cc(Br)ccc3[nH]2)C1. The van der Waals surface area contributed by atoms with Crippen molar-refractivity contribution >= 4 is 38.7 Å². The molecular formula is C16H17BrN2O3. The molecule has 0 aliphatic carbocycles. The van der Waals surface area contributed by atoms with E-state index in [1.807, 2.05) is 24.3 Å². The molecule has 1 unspecified atom stereocenters. The van der Waals surface area contributed by atoms with Gasteiger partial charge in [0.15, 0.2) is 0 Å². The second kappa shape index (κ2) is 5.43.